The monoisotopic (exact) mass is 173 g/mol. The summed E-state index contributed by atoms with van der Waals surface area (Å²) < 4.78 is 0. The predicted molar refractivity (Wildman–Crippen MR) is 42.3 cm³/mol. The van der Waals surface area contributed by atoms with Crippen LogP contribution in [0.4, 0.5) is 0 Å². The van der Waals surface area contributed by atoms with E-state index in [2.05, 4.69) is 0 Å². The lowest BCUT2D eigenvalue weighted by Gasteiger charge is -2.06. The van der Waals surface area contributed by atoms with Crippen LogP contribution >= 0.6 is 11.6 Å². The fraction of sp³-hybridized carbons (Fsp3) is 0.143. The van der Waals surface area contributed by atoms with E-state index in [9.17, 15) is 0 Å². The Morgan fingerprint density at radius 3 is 2.55 bits per heavy atom. The molecular formula is C7H8ClNO2. The zero-order chi connectivity index (χ0) is 8.43. The van der Waals surface area contributed by atoms with Crippen molar-refractivity contribution in [3.05, 3.63) is 28.8 Å². The van der Waals surface area contributed by atoms with Crippen LogP contribution in [0.15, 0.2) is 18.2 Å². The second kappa shape index (κ2) is 3.09. The summed E-state index contributed by atoms with van der Waals surface area (Å²) in [4.78, 5) is 0. The smallest absolute Gasteiger partial charge is 0.130 e. The molecule has 0 aliphatic carbocycles. The maximum atomic E-state index is 8.91. The first-order chi connectivity index (χ1) is 5.11. The molecule has 1 aromatic rings. The lowest BCUT2D eigenvalue weighted by molar-refractivity contribution is 0.186. The molecule has 0 bridgehead atoms. The van der Waals surface area contributed by atoms with E-state index < -0.39 is 6.23 Å². The Morgan fingerprint density at radius 2 is 2.09 bits per heavy atom. The van der Waals surface area contributed by atoms with Crippen LogP contribution in [-0.2, 0) is 0 Å². The molecule has 0 radical (unpaired) electrons. The molecule has 1 atom stereocenters. The van der Waals surface area contributed by atoms with Gasteiger partial charge in [0.05, 0.1) is 5.02 Å². The third kappa shape index (κ3) is 1.83. The van der Waals surface area contributed by atoms with E-state index in [4.69, 9.17) is 27.5 Å². The number of aliphatic hydroxyl groups excluding tert-OH is 1. The molecule has 0 amide bonds. The number of hydrogen-bond donors (Lipinski definition) is 3. The second-order valence-corrected chi connectivity index (χ2v) is 2.56. The lowest BCUT2D eigenvalue weighted by atomic mass is 10.2. The van der Waals surface area contributed by atoms with Gasteiger partial charge in [-0.1, -0.05) is 11.6 Å². The molecule has 0 aromatic heterocycles. The second-order valence-electron chi connectivity index (χ2n) is 2.15. The summed E-state index contributed by atoms with van der Waals surface area (Å²) in [6.45, 7) is 0. The van der Waals surface area contributed by atoms with Crippen molar-refractivity contribution in [3.8, 4) is 5.75 Å². The van der Waals surface area contributed by atoms with Gasteiger partial charge in [-0.05, 0) is 18.2 Å². The first-order valence-corrected chi connectivity index (χ1v) is 3.41. The third-order valence-electron chi connectivity index (χ3n) is 1.30. The minimum absolute atomic E-state index is 0.0550. The maximum Gasteiger partial charge on any atom is 0.130 e. The first kappa shape index (κ1) is 8.33. The van der Waals surface area contributed by atoms with E-state index in [1.54, 1.807) is 0 Å². The molecule has 1 unspecified atom stereocenters. The standard InChI is InChI=1S/C7H8ClNO2/c8-6-3-4(10)1-2-5(6)7(9)11/h1-3,7,10-11H,9H2. The van der Waals surface area contributed by atoms with Crippen molar-refractivity contribution in [2.45, 2.75) is 6.23 Å². The molecule has 0 saturated heterocycles. The molecule has 0 aliphatic heterocycles. The number of aromatic hydroxyl groups is 1. The number of nitrogens with two attached hydrogens (primary N) is 1. The molecule has 4 N–H and O–H groups in total. The normalized spacial score (nSPS) is 13.0. The van der Waals surface area contributed by atoms with E-state index in [-0.39, 0.29) is 10.8 Å². The fourth-order valence-corrected chi connectivity index (χ4v) is 1.04. The van der Waals surface area contributed by atoms with Crippen molar-refractivity contribution in [2.24, 2.45) is 5.73 Å². The molecule has 0 fully saturated rings. The zero-order valence-corrected chi connectivity index (χ0v) is 6.42. The molecule has 0 heterocycles. The van der Waals surface area contributed by atoms with Crippen LogP contribution in [0.2, 0.25) is 5.02 Å². The highest BCUT2D eigenvalue weighted by atomic mass is 35.5. The molecule has 1 rings (SSSR count). The van der Waals surface area contributed by atoms with Crippen LogP contribution in [-0.4, -0.2) is 10.2 Å². The number of phenols is 1. The summed E-state index contributed by atoms with van der Waals surface area (Å²) in [6.07, 6.45) is -1.09. The summed E-state index contributed by atoms with van der Waals surface area (Å²) in [5.74, 6) is 0.0550. The fourth-order valence-electron chi connectivity index (χ4n) is 0.756. The first-order valence-electron chi connectivity index (χ1n) is 3.03. The average Bonchev–Trinajstić information content (AvgIpc) is 1.85. The largest absolute Gasteiger partial charge is 0.508 e. The average molecular weight is 174 g/mol. The van der Waals surface area contributed by atoms with Crippen LogP contribution in [0.1, 0.15) is 11.8 Å². The number of aliphatic hydroxyl groups is 1. The summed E-state index contributed by atoms with van der Waals surface area (Å²) in [6, 6.07) is 4.21. The van der Waals surface area contributed by atoms with E-state index in [0.29, 0.717) is 5.56 Å². The number of halogens is 1. The maximum absolute atomic E-state index is 8.91. The van der Waals surface area contributed by atoms with Gasteiger partial charge < -0.3 is 15.9 Å². The highest BCUT2D eigenvalue weighted by Gasteiger charge is 2.06. The van der Waals surface area contributed by atoms with Gasteiger partial charge in [-0.3, -0.25) is 0 Å². The summed E-state index contributed by atoms with van der Waals surface area (Å²) in [5, 5.41) is 18.1. The third-order valence-corrected chi connectivity index (χ3v) is 1.63. The van der Waals surface area contributed by atoms with Crippen LogP contribution in [0.25, 0.3) is 0 Å². The number of hydrogen-bond acceptors (Lipinski definition) is 3. The molecule has 1 aromatic carbocycles. The van der Waals surface area contributed by atoms with Crippen LogP contribution in [0, 0.1) is 0 Å². The highest BCUT2D eigenvalue weighted by molar-refractivity contribution is 6.31. The van der Waals surface area contributed by atoms with Crippen molar-refractivity contribution in [3.63, 3.8) is 0 Å². The summed E-state index contributed by atoms with van der Waals surface area (Å²) in [5.41, 5.74) is 5.56. The Bertz CT molecular complexity index is 263. The lowest BCUT2D eigenvalue weighted by Crippen LogP contribution is -2.08. The van der Waals surface area contributed by atoms with Crippen molar-refractivity contribution in [2.75, 3.05) is 0 Å². The van der Waals surface area contributed by atoms with Crippen molar-refractivity contribution in [1.82, 2.24) is 0 Å². The molecule has 11 heavy (non-hydrogen) atoms. The minimum Gasteiger partial charge on any atom is -0.508 e. The number of phenolic OH excluding ortho intramolecular Hbond substituents is 1. The Morgan fingerprint density at radius 1 is 1.45 bits per heavy atom. The molecule has 0 saturated carbocycles. The quantitative estimate of drug-likeness (QED) is 0.555. The van der Waals surface area contributed by atoms with Crippen molar-refractivity contribution in [1.29, 1.82) is 0 Å². The molecular weight excluding hydrogens is 166 g/mol. The predicted octanol–water partition coefficient (Wildman–Crippen LogP) is 0.995. The summed E-state index contributed by atoms with van der Waals surface area (Å²) >= 11 is 5.62. The molecule has 4 heteroatoms. The zero-order valence-electron chi connectivity index (χ0n) is 5.66. The number of rotatable bonds is 1. The van der Waals surface area contributed by atoms with Gasteiger partial charge in [0.15, 0.2) is 0 Å². The minimum atomic E-state index is -1.09. The highest BCUT2D eigenvalue weighted by Crippen LogP contribution is 2.24. The molecule has 0 aliphatic rings. The van der Waals surface area contributed by atoms with Crippen LogP contribution < -0.4 is 5.73 Å². The van der Waals surface area contributed by atoms with Gasteiger partial charge in [0, 0.05) is 5.56 Å². The SMILES string of the molecule is NC(O)c1ccc(O)cc1Cl. The van der Waals surface area contributed by atoms with Gasteiger partial charge in [0.2, 0.25) is 0 Å². The Balaban J connectivity index is 3.09. The Labute approximate surface area is 69.0 Å². The Kier molecular flexibility index (Phi) is 2.34. The van der Waals surface area contributed by atoms with Gasteiger partial charge in [-0.25, -0.2) is 0 Å². The molecule has 0 spiro atoms. The van der Waals surface area contributed by atoms with Crippen molar-refractivity contribution >= 4 is 11.6 Å². The summed E-state index contributed by atoms with van der Waals surface area (Å²) in [7, 11) is 0. The molecule has 3 nitrogen and oxygen atoms in total. The van der Waals surface area contributed by atoms with Gasteiger partial charge in [0.1, 0.15) is 12.0 Å². The topological polar surface area (TPSA) is 66.5 Å². The van der Waals surface area contributed by atoms with Gasteiger partial charge in [-0.2, -0.15) is 0 Å². The molecule has 60 valence electrons. The van der Waals surface area contributed by atoms with E-state index in [1.807, 2.05) is 0 Å². The van der Waals surface area contributed by atoms with Gasteiger partial charge in [-0.15, -0.1) is 0 Å². The van der Waals surface area contributed by atoms with E-state index >= 15 is 0 Å². The van der Waals surface area contributed by atoms with Crippen LogP contribution in [0.3, 0.4) is 0 Å². The Hall–Kier alpha value is -0.770. The number of benzene rings is 1. The van der Waals surface area contributed by atoms with Crippen molar-refractivity contribution < 1.29 is 10.2 Å². The van der Waals surface area contributed by atoms with Gasteiger partial charge >= 0.3 is 0 Å². The van der Waals surface area contributed by atoms with Gasteiger partial charge in [0.25, 0.3) is 0 Å². The van der Waals surface area contributed by atoms with E-state index in [1.165, 1.54) is 18.2 Å². The van der Waals surface area contributed by atoms with E-state index in [0.717, 1.165) is 0 Å². The van der Waals surface area contributed by atoms with Crippen LogP contribution in [0.5, 0.6) is 5.75 Å².